The van der Waals surface area contributed by atoms with E-state index in [4.69, 9.17) is 17.3 Å². The number of halogens is 4. The molecule has 1 unspecified atom stereocenters. The van der Waals surface area contributed by atoms with Gasteiger partial charge in [-0.3, -0.25) is 0 Å². The monoisotopic (exact) mass is 305 g/mol. The summed E-state index contributed by atoms with van der Waals surface area (Å²) in [6.45, 7) is 0.778. The minimum Gasteiger partial charge on any atom is -0.337 e. The smallest absolute Gasteiger partial charge is 0.337 e. The van der Waals surface area contributed by atoms with Crippen LogP contribution in [0.25, 0.3) is 0 Å². The van der Waals surface area contributed by atoms with Crippen molar-refractivity contribution in [2.45, 2.75) is 25.1 Å². The van der Waals surface area contributed by atoms with Crippen molar-refractivity contribution >= 4 is 11.6 Å². The average molecular weight is 306 g/mol. The van der Waals surface area contributed by atoms with Gasteiger partial charge in [-0.25, -0.2) is 0 Å². The van der Waals surface area contributed by atoms with Gasteiger partial charge in [0.05, 0.1) is 0 Å². The molecule has 0 saturated carbocycles. The van der Waals surface area contributed by atoms with Crippen LogP contribution in [0, 0.1) is 0 Å². The Morgan fingerprint density at radius 1 is 1.30 bits per heavy atom. The number of alkyl halides is 3. The summed E-state index contributed by atoms with van der Waals surface area (Å²) in [5.74, 6) is -0.582. The van der Waals surface area contributed by atoms with Crippen molar-refractivity contribution < 1.29 is 17.7 Å². The van der Waals surface area contributed by atoms with Crippen molar-refractivity contribution in [1.29, 1.82) is 0 Å². The van der Waals surface area contributed by atoms with Gasteiger partial charge in [-0.2, -0.15) is 18.2 Å². The van der Waals surface area contributed by atoms with Crippen molar-refractivity contribution in [2.75, 3.05) is 0 Å². The number of aromatic nitrogens is 2. The third-order valence-electron chi connectivity index (χ3n) is 2.81. The Balaban J connectivity index is 2.24. The fourth-order valence-corrected chi connectivity index (χ4v) is 1.67. The number of rotatable bonds is 3. The molecule has 1 aromatic heterocycles. The first-order chi connectivity index (χ1) is 9.22. The first-order valence-electron chi connectivity index (χ1n) is 5.64. The van der Waals surface area contributed by atoms with Gasteiger partial charge in [-0.1, -0.05) is 35.0 Å². The van der Waals surface area contributed by atoms with E-state index >= 15 is 0 Å². The van der Waals surface area contributed by atoms with Crippen LogP contribution in [0.3, 0.4) is 0 Å². The largest absolute Gasteiger partial charge is 0.415 e. The highest BCUT2D eigenvalue weighted by atomic mass is 35.5. The Bertz CT molecular complexity index is 610. The second kappa shape index (κ2) is 5.06. The molecule has 2 rings (SSSR count). The maximum absolute atomic E-state index is 12.7. The molecule has 1 heterocycles. The summed E-state index contributed by atoms with van der Waals surface area (Å²) in [6, 6.07) is 6.89. The molecule has 1 aromatic carbocycles. The maximum atomic E-state index is 12.7. The molecule has 0 fully saturated rings. The van der Waals surface area contributed by atoms with E-state index in [1.165, 1.54) is 0 Å². The van der Waals surface area contributed by atoms with E-state index in [2.05, 4.69) is 14.7 Å². The van der Waals surface area contributed by atoms with Crippen molar-refractivity contribution in [3.8, 4) is 0 Å². The highest BCUT2D eigenvalue weighted by Gasteiger charge is 2.53. The number of nitrogens with two attached hydrogens (primary N) is 1. The van der Waals surface area contributed by atoms with Gasteiger partial charge in [0.1, 0.15) is 0 Å². The molecule has 0 radical (unpaired) electrons. The molecular formula is C12H11ClF3N3O. The predicted molar refractivity (Wildman–Crippen MR) is 66.2 cm³/mol. The van der Waals surface area contributed by atoms with E-state index in [1.807, 2.05) is 0 Å². The topological polar surface area (TPSA) is 64.9 Å². The van der Waals surface area contributed by atoms with E-state index < -0.39 is 17.6 Å². The summed E-state index contributed by atoms with van der Waals surface area (Å²) in [7, 11) is 0. The van der Waals surface area contributed by atoms with Crippen molar-refractivity contribution in [3.05, 3.63) is 46.6 Å². The van der Waals surface area contributed by atoms with E-state index in [1.54, 1.807) is 24.3 Å². The molecule has 0 saturated heterocycles. The van der Waals surface area contributed by atoms with Crippen LogP contribution in [-0.2, 0) is 12.0 Å². The Labute approximate surface area is 117 Å². The Kier molecular flexibility index (Phi) is 3.75. The van der Waals surface area contributed by atoms with Gasteiger partial charge in [0.25, 0.3) is 5.89 Å². The standard InChI is InChI=1S/C12H11ClF3N3O/c1-11(17,12(14,15)16)10-18-9(19-20-10)6-7-4-2-3-5-8(7)13/h2-5H,6,17H2,1H3. The van der Waals surface area contributed by atoms with Crippen LogP contribution in [-0.4, -0.2) is 16.3 Å². The number of hydrogen-bond donors (Lipinski definition) is 1. The number of benzene rings is 1. The van der Waals surface area contributed by atoms with Crippen LogP contribution in [0.1, 0.15) is 24.2 Å². The normalized spacial score (nSPS) is 15.1. The van der Waals surface area contributed by atoms with Crippen LogP contribution >= 0.6 is 11.6 Å². The highest BCUT2D eigenvalue weighted by Crippen LogP contribution is 2.35. The first-order valence-corrected chi connectivity index (χ1v) is 6.01. The lowest BCUT2D eigenvalue weighted by molar-refractivity contribution is -0.190. The summed E-state index contributed by atoms with van der Waals surface area (Å²) in [5.41, 5.74) is 3.21. The zero-order valence-corrected chi connectivity index (χ0v) is 11.2. The zero-order chi connectivity index (χ0) is 15.0. The number of nitrogens with zero attached hydrogens (tertiary/aromatic N) is 2. The molecular weight excluding hydrogens is 295 g/mol. The number of hydrogen-bond acceptors (Lipinski definition) is 4. The highest BCUT2D eigenvalue weighted by molar-refractivity contribution is 6.31. The maximum Gasteiger partial charge on any atom is 0.415 e. The lowest BCUT2D eigenvalue weighted by atomic mass is 10.0. The molecule has 0 bridgehead atoms. The molecule has 8 heteroatoms. The molecule has 0 spiro atoms. The van der Waals surface area contributed by atoms with Gasteiger partial charge in [-0.15, -0.1) is 0 Å². The zero-order valence-electron chi connectivity index (χ0n) is 10.4. The van der Waals surface area contributed by atoms with Crippen LogP contribution in [0.15, 0.2) is 28.8 Å². The quantitative estimate of drug-likeness (QED) is 0.946. The molecule has 20 heavy (non-hydrogen) atoms. The molecule has 2 N–H and O–H groups in total. The summed E-state index contributed by atoms with van der Waals surface area (Å²) in [6.07, 6.45) is -4.52. The minimum atomic E-state index is -4.68. The van der Waals surface area contributed by atoms with E-state index in [0.29, 0.717) is 10.6 Å². The summed E-state index contributed by atoms with van der Waals surface area (Å²) >= 11 is 5.95. The third kappa shape index (κ3) is 2.78. The Morgan fingerprint density at radius 2 is 1.95 bits per heavy atom. The van der Waals surface area contributed by atoms with E-state index in [9.17, 15) is 13.2 Å². The Hall–Kier alpha value is -1.60. The minimum absolute atomic E-state index is 0.0917. The second-order valence-electron chi connectivity index (χ2n) is 4.48. The van der Waals surface area contributed by atoms with Crippen LogP contribution in [0.2, 0.25) is 5.02 Å². The van der Waals surface area contributed by atoms with Gasteiger partial charge >= 0.3 is 6.18 Å². The lowest BCUT2D eigenvalue weighted by Gasteiger charge is -2.22. The molecule has 1 atom stereocenters. The molecule has 2 aromatic rings. The third-order valence-corrected chi connectivity index (χ3v) is 3.18. The predicted octanol–water partition coefficient (Wildman–Crippen LogP) is 3.05. The molecule has 0 aliphatic carbocycles. The van der Waals surface area contributed by atoms with Crippen LogP contribution < -0.4 is 5.73 Å². The summed E-state index contributed by atoms with van der Waals surface area (Å²) in [4.78, 5) is 3.70. The van der Waals surface area contributed by atoms with Crippen molar-refractivity contribution in [1.82, 2.24) is 10.1 Å². The van der Waals surface area contributed by atoms with Gasteiger partial charge < -0.3 is 10.3 Å². The van der Waals surface area contributed by atoms with Crippen molar-refractivity contribution in [3.63, 3.8) is 0 Å². The fraction of sp³-hybridized carbons (Fsp3) is 0.333. The van der Waals surface area contributed by atoms with Gasteiger partial charge in [0.15, 0.2) is 11.4 Å². The molecule has 0 amide bonds. The van der Waals surface area contributed by atoms with E-state index in [-0.39, 0.29) is 12.2 Å². The average Bonchev–Trinajstić information content (AvgIpc) is 2.80. The van der Waals surface area contributed by atoms with Crippen LogP contribution in [0.5, 0.6) is 0 Å². The second-order valence-corrected chi connectivity index (χ2v) is 4.89. The van der Waals surface area contributed by atoms with Gasteiger partial charge in [-0.05, 0) is 18.6 Å². The van der Waals surface area contributed by atoms with Gasteiger partial charge in [0, 0.05) is 11.4 Å². The van der Waals surface area contributed by atoms with E-state index in [0.717, 1.165) is 6.92 Å². The molecule has 0 aliphatic heterocycles. The molecule has 108 valence electrons. The fourth-order valence-electron chi connectivity index (χ4n) is 1.47. The van der Waals surface area contributed by atoms with Crippen molar-refractivity contribution in [2.24, 2.45) is 5.73 Å². The SMILES string of the molecule is CC(N)(c1nc(Cc2ccccc2Cl)no1)C(F)(F)F. The van der Waals surface area contributed by atoms with Gasteiger partial charge in [0.2, 0.25) is 0 Å². The lowest BCUT2D eigenvalue weighted by Crippen LogP contribution is -2.48. The van der Waals surface area contributed by atoms with Crippen LogP contribution in [0.4, 0.5) is 13.2 Å². The Morgan fingerprint density at radius 3 is 2.55 bits per heavy atom. The summed E-state index contributed by atoms with van der Waals surface area (Å²) in [5, 5.41) is 3.98. The molecule has 4 nitrogen and oxygen atoms in total. The first kappa shape index (κ1) is 14.8. The summed E-state index contributed by atoms with van der Waals surface area (Å²) < 4.78 is 42.9. The molecule has 0 aliphatic rings.